The van der Waals surface area contributed by atoms with Crippen LogP contribution in [0.1, 0.15) is 24.8 Å². The van der Waals surface area contributed by atoms with Gasteiger partial charge in [-0.05, 0) is 25.5 Å². The molecule has 2 rings (SSSR count). The second-order valence-corrected chi connectivity index (χ2v) is 4.41. The highest BCUT2D eigenvalue weighted by molar-refractivity contribution is 5.74. The molecule has 0 aliphatic carbocycles. The number of nitrogens with one attached hydrogen (secondary N) is 1. The summed E-state index contributed by atoms with van der Waals surface area (Å²) in [5.74, 6) is 0.0328. The van der Waals surface area contributed by atoms with Gasteiger partial charge in [-0.3, -0.25) is 9.48 Å². The van der Waals surface area contributed by atoms with Crippen molar-refractivity contribution >= 4 is 5.97 Å². The first-order valence-electron chi connectivity index (χ1n) is 6.08. The maximum Gasteiger partial charge on any atom is 0.310 e. The minimum atomic E-state index is -0.103. The normalized spacial score (nSPS) is 24.6. The quantitative estimate of drug-likeness (QED) is 0.785. The fourth-order valence-corrected chi connectivity index (χ4v) is 2.39. The summed E-state index contributed by atoms with van der Waals surface area (Å²) in [4.78, 5) is 11.9. The van der Waals surface area contributed by atoms with Crippen molar-refractivity contribution in [1.29, 1.82) is 0 Å². The lowest BCUT2D eigenvalue weighted by molar-refractivity contribution is -0.149. The van der Waals surface area contributed by atoms with E-state index in [4.69, 9.17) is 4.74 Å². The maximum atomic E-state index is 11.9. The van der Waals surface area contributed by atoms with Crippen LogP contribution in [0.4, 0.5) is 0 Å². The minimum absolute atomic E-state index is 0.0899. The molecule has 17 heavy (non-hydrogen) atoms. The summed E-state index contributed by atoms with van der Waals surface area (Å²) in [6.07, 6.45) is 4.79. The van der Waals surface area contributed by atoms with Crippen LogP contribution >= 0.6 is 0 Å². The number of aromatic nitrogens is 2. The van der Waals surface area contributed by atoms with Crippen LogP contribution < -0.4 is 5.32 Å². The van der Waals surface area contributed by atoms with E-state index in [9.17, 15) is 4.79 Å². The molecule has 1 aliphatic rings. The summed E-state index contributed by atoms with van der Waals surface area (Å²) >= 11 is 0. The molecule has 1 aromatic heterocycles. The molecular formula is C12H19N3O2. The van der Waals surface area contributed by atoms with Crippen LogP contribution in [-0.4, -0.2) is 35.4 Å². The number of hydrogen-bond donors (Lipinski definition) is 1. The third kappa shape index (κ3) is 2.66. The second-order valence-electron chi connectivity index (χ2n) is 4.41. The highest BCUT2D eigenvalue weighted by Gasteiger charge is 2.33. The molecular weight excluding hydrogens is 218 g/mol. The molecule has 1 aliphatic heterocycles. The summed E-state index contributed by atoms with van der Waals surface area (Å²) in [6.45, 7) is 3.91. The monoisotopic (exact) mass is 237 g/mol. The van der Waals surface area contributed by atoms with E-state index >= 15 is 0 Å². The first-order valence-corrected chi connectivity index (χ1v) is 6.08. The highest BCUT2D eigenvalue weighted by atomic mass is 16.5. The van der Waals surface area contributed by atoms with E-state index in [-0.39, 0.29) is 17.8 Å². The van der Waals surface area contributed by atoms with Gasteiger partial charge in [0.1, 0.15) is 0 Å². The summed E-state index contributed by atoms with van der Waals surface area (Å²) in [7, 11) is 1.89. The lowest BCUT2D eigenvalue weighted by Gasteiger charge is -2.29. The van der Waals surface area contributed by atoms with Crippen LogP contribution in [0.3, 0.4) is 0 Å². The van der Waals surface area contributed by atoms with Crippen LogP contribution in [-0.2, 0) is 16.6 Å². The Kier molecular flexibility index (Phi) is 3.78. The molecule has 1 N–H and O–H groups in total. The topological polar surface area (TPSA) is 56.1 Å². The van der Waals surface area contributed by atoms with E-state index < -0.39 is 0 Å². The zero-order chi connectivity index (χ0) is 12.3. The predicted octanol–water partition coefficient (Wildman–Crippen LogP) is 0.676. The van der Waals surface area contributed by atoms with Gasteiger partial charge in [0.15, 0.2) is 0 Å². The molecule has 2 heterocycles. The molecule has 1 aromatic rings. The van der Waals surface area contributed by atoms with Crippen LogP contribution in [0.25, 0.3) is 0 Å². The number of ether oxygens (including phenoxy) is 1. The Labute approximate surface area is 101 Å². The van der Waals surface area contributed by atoms with Gasteiger partial charge in [0, 0.05) is 25.7 Å². The molecule has 0 bridgehead atoms. The number of nitrogens with zero attached hydrogens (tertiary/aromatic N) is 2. The molecule has 2 unspecified atom stereocenters. The Balaban J connectivity index is 2.14. The van der Waals surface area contributed by atoms with Crippen molar-refractivity contribution in [2.24, 2.45) is 13.0 Å². The van der Waals surface area contributed by atoms with Crippen molar-refractivity contribution in [3.05, 3.63) is 18.0 Å². The lowest BCUT2D eigenvalue weighted by atomic mass is 9.82. The largest absolute Gasteiger partial charge is 0.466 e. The number of carbonyl (C=O) groups is 1. The van der Waals surface area contributed by atoms with Gasteiger partial charge < -0.3 is 10.1 Å². The maximum absolute atomic E-state index is 11.9. The van der Waals surface area contributed by atoms with Crippen LogP contribution in [0.2, 0.25) is 0 Å². The Hall–Kier alpha value is -1.36. The van der Waals surface area contributed by atoms with E-state index in [1.807, 2.05) is 26.4 Å². The van der Waals surface area contributed by atoms with E-state index in [0.29, 0.717) is 13.2 Å². The molecule has 1 fully saturated rings. The summed E-state index contributed by atoms with van der Waals surface area (Å²) < 4.78 is 6.91. The molecule has 0 aromatic carbocycles. The number of piperidine rings is 1. The minimum Gasteiger partial charge on any atom is -0.466 e. The summed E-state index contributed by atoms with van der Waals surface area (Å²) in [5, 5.41) is 7.43. The van der Waals surface area contributed by atoms with Crippen molar-refractivity contribution in [1.82, 2.24) is 15.1 Å². The summed E-state index contributed by atoms with van der Waals surface area (Å²) in [6, 6.07) is 0. The van der Waals surface area contributed by atoms with Crippen molar-refractivity contribution in [3.8, 4) is 0 Å². The lowest BCUT2D eigenvalue weighted by Crippen LogP contribution is -2.40. The Morgan fingerprint density at radius 2 is 2.53 bits per heavy atom. The van der Waals surface area contributed by atoms with Crippen LogP contribution in [0.15, 0.2) is 12.4 Å². The third-order valence-corrected chi connectivity index (χ3v) is 3.22. The van der Waals surface area contributed by atoms with Gasteiger partial charge in [0.05, 0.1) is 18.7 Å². The fraction of sp³-hybridized carbons (Fsp3) is 0.667. The van der Waals surface area contributed by atoms with Gasteiger partial charge in [-0.25, -0.2) is 0 Å². The van der Waals surface area contributed by atoms with Gasteiger partial charge in [0.25, 0.3) is 0 Å². The first-order chi connectivity index (χ1) is 8.22. The molecule has 2 atom stereocenters. The van der Waals surface area contributed by atoms with Crippen molar-refractivity contribution in [2.45, 2.75) is 19.3 Å². The average Bonchev–Trinajstić information content (AvgIpc) is 2.76. The van der Waals surface area contributed by atoms with Gasteiger partial charge >= 0.3 is 5.97 Å². The smallest absolute Gasteiger partial charge is 0.310 e. The zero-order valence-electron chi connectivity index (χ0n) is 10.3. The average molecular weight is 237 g/mol. The molecule has 0 spiro atoms. The standard InChI is InChI=1S/C12H19N3O2/c1-3-17-12(16)11-7-13-5-4-10(11)9-6-14-15(2)8-9/h6,8,10-11,13H,3-5,7H2,1-2H3. The first kappa shape index (κ1) is 12.1. The van der Waals surface area contributed by atoms with Gasteiger partial charge in [-0.2, -0.15) is 5.10 Å². The van der Waals surface area contributed by atoms with Crippen LogP contribution in [0, 0.1) is 5.92 Å². The molecule has 94 valence electrons. The zero-order valence-corrected chi connectivity index (χ0v) is 10.3. The SMILES string of the molecule is CCOC(=O)C1CNCCC1c1cnn(C)c1. The number of esters is 1. The van der Waals surface area contributed by atoms with Crippen molar-refractivity contribution < 1.29 is 9.53 Å². The van der Waals surface area contributed by atoms with E-state index in [1.54, 1.807) is 4.68 Å². The molecule has 0 amide bonds. The Morgan fingerprint density at radius 1 is 1.71 bits per heavy atom. The highest BCUT2D eigenvalue weighted by Crippen LogP contribution is 2.30. The number of carbonyl (C=O) groups excluding carboxylic acids is 1. The van der Waals surface area contributed by atoms with Crippen LogP contribution in [0.5, 0.6) is 0 Å². The van der Waals surface area contributed by atoms with Gasteiger partial charge in [-0.15, -0.1) is 0 Å². The Morgan fingerprint density at radius 3 is 3.18 bits per heavy atom. The van der Waals surface area contributed by atoms with E-state index in [2.05, 4.69) is 10.4 Å². The molecule has 1 saturated heterocycles. The number of aryl methyl sites for hydroxylation is 1. The van der Waals surface area contributed by atoms with E-state index in [0.717, 1.165) is 18.5 Å². The third-order valence-electron chi connectivity index (χ3n) is 3.22. The molecule has 0 saturated carbocycles. The Bertz CT molecular complexity index is 389. The summed E-state index contributed by atoms with van der Waals surface area (Å²) in [5.41, 5.74) is 1.13. The second kappa shape index (κ2) is 5.31. The van der Waals surface area contributed by atoms with E-state index in [1.165, 1.54) is 0 Å². The van der Waals surface area contributed by atoms with Gasteiger partial charge in [0.2, 0.25) is 0 Å². The molecule has 0 radical (unpaired) electrons. The van der Waals surface area contributed by atoms with Crippen molar-refractivity contribution in [3.63, 3.8) is 0 Å². The molecule has 5 nitrogen and oxygen atoms in total. The van der Waals surface area contributed by atoms with Gasteiger partial charge in [-0.1, -0.05) is 0 Å². The number of hydrogen-bond acceptors (Lipinski definition) is 4. The number of rotatable bonds is 3. The molecule has 5 heteroatoms. The van der Waals surface area contributed by atoms with Crippen molar-refractivity contribution in [2.75, 3.05) is 19.7 Å². The fourth-order valence-electron chi connectivity index (χ4n) is 2.39. The predicted molar refractivity (Wildman–Crippen MR) is 63.6 cm³/mol.